The lowest BCUT2D eigenvalue weighted by molar-refractivity contribution is -0.193. The third kappa shape index (κ3) is 5.28. The van der Waals surface area contributed by atoms with Gasteiger partial charge in [0.25, 0.3) is 0 Å². The molecule has 5 rings (SSSR count). The van der Waals surface area contributed by atoms with Gasteiger partial charge >= 0.3 is 0 Å². The highest BCUT2D eigenvalue weighted by atomic mass is 16.5. The van der Waals surface area contributed by atoms with E-state index in [9.17, 15) is 0 Å². The summed E-state index contributed by atoms with van der Waals surface area (Å²) in [6, 6.07) is 5.86. The smallest absolute Gasteiger partial charge is 0.0722 e. The third-order valence-electron chi connectivity index (χ3n) is 13.2. The Morgan fingerprint density at radius 1 is 0.795 bits per heavy atom. The molecule has 39 heavy (non-hydrogen) atoms. The zero-order valence-corrected chi connectivity index (χ0v) is 26.4. The van der Waals surface area contributed by atoms with E-state index in [0.29, 0.717) is 23.5 Å². The van der Waals surface area contributed by atoms with Gasteiger partial charge in [0.1, 0.15) is 0 Å². The number of nitrogens with two attached hydrogens (primary N) is 2. The Hall–Kier alpha value is -1.22. The molecule has 220 valence electrons. The van der Waals surface area contributed by atoms with Crippen LogP contribution >= 0.6 is 0 Å². The van der Waals surface area contributed by atoms with E-state index in [4.69, 9.17) is 16.2 Å². The molecule has 0 radical (unpaired) electrons. The number of anilines is 2. The molecule has 4 saturated carbocycles. The van der Waals surface area contributed by atoms with Crippen LogP contribution in [0.25, 0.3) is 0 Å². The Labute approximate surface area is 240 Å². The summed E-state index contributed by atoms with van der Waals surface area (Å²) in [5.41, 5.74) is 15.9. The molecule has 1 aromatic carbocycles. The molecular formula is C36H60N2O. The van der Waals surface area contributed by atoms with Crippen molar-refractivity contribution in [2.24, 2.45) is 57.7 Å². The molecule has 4 fully saturated rings. The summed E-state index contributed by atoms with van der Waals surface area (Å²) in [6.45, 7) is 18.4. The van der Waals surface area contributed by atoms with Gasteiger partial charge in [-0.3, -0.25) is 0 Å². The summed E-state index contributed by atoms with van der Waals surface area (Å²) in [6.07, 6.45) is 15.8. The number of fused-ring (bicyclic) bond motifs is 5. The van der Waals surface area contributed by atoms with Crippen molar-refractivity contribution < 1.29 is 4.74 Å². The molecule has 1 aromatic rings. The summed E-state index contributed by atoms with van der Waals surface area (Å²) in [5.74, 6) is 6.23. The fourth-order valence-electron chi connectivity index (χ4n) is 11.4. The van der Waals surface area contributed by atoms with Crippen LogP contribution in [0.4, 0.5) is 11.4 Å². The maximum atomic E-state index is 6.69. The summed E-state index contributed by atoms with van der Waals surface area (Å²) in [4.78, 5) is 0. The number of nitrogen functional groups attached to an aromatic ring is 2. The quantitative estimate of drug-likeness (QED) is 0.325. The molecule has 0 amide bonds. The normalized spacial score (nSPS) is 40.1. The molecule has 0 heterocycles. The molecule has 0 saturated heterocycles. The summed E-state index contributed by atoms with van der Waals surface area (Å²) < 4.78 is 6.69. The minimum atomic E-state index is 0.188. The standard InChI is InChI=1S/C36H60N2O/c1-23(2)9-8-10-24(3)29-12-13-30-28-11-14-32-34(4,5)33(39-22-25-19-26(37)21-27(38)20-25)16-18-36(32,7)31(28)15-17-35(29,30)6/h19-21,23-24,28-33H,8-18,22,37-38H2,1-7H3/t24?,28-,29+,30-,31-,32?,33?,35+,36+/m0/s1. The van der Waals surface area contributed by atoms with Crippen LogP contribution in [0.1, 0.15) is 125 Å². The first-order valence-electron chi connectivity index (χ1n) is 16.6. The van der Waals surface area contributed by atoms with Crippen LogP contribution in [0.2, 0.25) is 0 Å². The Balaban J connectivity index is 1.27. The summed E-state index contributed by atoms with van der Waals surface area (Å²) in [7, 11) is 0. The Morgan fingerprint density at radius 2 is 1.46 bits per heavy atom. The maximum absolute atomic E-state index is 6.69. The highest BCUT2D eigenvalue weighted by Crippen LogP contribution is 2.70. The van der Waals surface area contributed by atoms with Crippen molar-refractivity contribution in [2.75, 3.05) is 11.5 Å². The van der Waals surface area contributed by atoms with E-state index < -0.39 is 0 Å². The van der Waals surface area contributed by atoms with Gasteiger partial charge in [-0.25, -0.2) is 0 Å². The number of rotatable bonds is 8. The molecule has 3 nitrogen and oxygen atoms in total. The summed E-state index contributed by atoms with van der Waals surface area (Å²) in [5, 5.41) is 0. The first-order valence-corrected chi connectivity index (χ1v) is 16.6. The second-order valence-electron chi connectivity index (χ2n) is 16.2. The number of hydrogen-bond acceptors (Lipinski definition) is 3. The van der Waals surface area contributed by atoms with Crippen molar-refractivity contribution in [3.8, 4) is 0 Å². The molecule has 0 bridgehead atoms. The van der Waals surface area contributed by atoms with Gasteiger partial charge in [0, 0.05) is 11.4 Å². The van der Waals surface area contributed by atoms with Gasteiger partial charge in [0.05, 0.1) is 12.7 Å². The van der Waals surface area contributed by atoms with Crippen molar-refractivity contribution in [1.29, 1.82) is 0 Å². The minimum Gasteiger partial charge on any atom is -0.399 e. The van der Waals surface area contributed by atoms with E-state index in [1.807, 2.05) is 18.2 Å². The van der Waals surface area contributed by atoms with Crippen LogP contribution < -0.4 is 11.5 Å². The van der Waals surface area contributed by atoms with Crippen molar-refractivity contribution in [3.63, 3.8) is 0 Å². The molecule has 9 atom stereocenters. The predicted octanol–water partition coefficient (Wildman–Crippen LogP) is 9.49. The number of benzene rings is 1. The topological polar surface area (TPSA) is 61.3 Å². The molecule has 0 spiro atoms. The first kappa shape index (κ1) is 29.3. The third-order valence-corrected chi connectivity index (χ3v) is 13.2. The van der Waals surface area contributed by atoms with Crippen LogP contribution in [-0.4, -0.2) is 6.10 Å². The maximum Gasteiger partial charge on any atom is 0.0722 e. The SMILES string of the molecule is CC(C)CCCC(C)[C@H]1CC[C@H]2[C@@H]3CCC4C(C)(C)C(OCc5cc(N)cc(N)c5)CC[C@]4(C)[C@H]3CC[C@]12C. The molecule has 0 aliphatic heterocycles. The van der Waals surface area contributed by atoms with Crippen molar-refractivity contribution in [2.45, 2.75) is 132 Å². The minimum absolute atomic E-state index is 0.188. The van der Waals surface area contributed by atoms with E-state index in [-0.39, 0.29) is 5.41 Å². The fraction of sp³-hybridized carbons (Fsp3) is 0.833. The van der Waals surface area contributed by atoms with Crippen LogP contribution in [-0.2, 0) is 11.3 Å². The van der Waals surface area contributed by atoms with Gasteiger partial charge in [-0.1, -0.05) is 67.7 Å². The van der Waals surface area contributed by atoms with Crippen molar-refractivity contribution in [3.05, 3.63) is 23.8 Å². The average molecular weight is 537 g/mol. The zero-order chi connectivity index (χ0) is 28.2. The summed E-state index contributed by atoms with van der Waals surface area (Å²) >= 11 is 0. The molecule has 3 heteroatoms. The van der Waals surface area contributed by atoms with Crippen LogP contribution in [0.5, 0.6) is 0 Å². The average Bonchev–Trinajstić information content (AvgIpc) is 3.20. The molecular weight excluding hydrogens is 476 g/mol. The first-order chi connectivity index (χ1) is 18.4. The van der Waals surface area contributed by atoms with Crippen LogP contribution in [0, 0.1) is 57.7 Å². The Bertz CT molecular complexity index is 982. The van der Waals surface area contributed by atoms with E-state index in [1.54, 1.807) is 0 Å². The predicted molar refractivity (Wildman–Crippen MR) is 166 cm³/mol. The lowest BCUT2D eigenvalue weighted by atomic mass is 9.41. The van der Waals surface area contributed by atoms with Gasteiger partial charge < -0.3 is 16.2 Å². The highest BCUT2D eigenvalue weighted by Gasteiger charge is 2.63. The van der Waals surface area contributed by atoms with Gasteiger partial charge in [0.2, 0.25) is 0 Å². The monoisotopic (exact) mass is 536 g/mol. The van der Waals surface area contributed by atoms with Gasteiger partial charge in [-0.2, -0.15) is 0 Å². The van der Waals surface area contributed by atoms with Crippen LogP contribution in [0.15, 0.2) is 18.2 Å². The number of ether oxygens (including phenoxy) is 1. The van der Waals surface area contributed by atoms with E-state index >= 15 is 0 Å². The largest absolute Gasteiger partial charge is 0.399 e. The molecule has 4 aliphatic carbocycles. The second kappa shape index (κ2) is 10.9. The lowest BCUT2D eigenvalue weighted by Crippen LogP contribution is -2.59. The fourth-order valence-corrected chi connectivity index (χ4v) is 11.4. The van der Waals surface area contributed by atoms with E-state index in [0.717, 1.165) is 58.4 Å². The molecule has 4 N–H and O–H groups in total. The van der Waals surface area contributed by atoms with Gasteiger partial charge in [-0.15, -0.1) is 0 Å². The van der Waals surface area contributed by atoms with E-state index in [2.05, 4.69) is 48.5 Å². The Kier molecular flexibility index (Phi) is 8.17. The molecule has 0 aromatic heterocycles. The van der Waals surface area contributed by atoms with Crippen molar-refractivity contribution in [1.82, 2.24) is 0 Å². The zero-order valence-electron chi connectivity index (χ0n) is 26.4. The lowest BCUT2D eigenvalue weighted by Gasteiger charge is -2.65. The second-order valence-corrected chi connectivity index (χ2v) is 16.2. The van der Waals surface area contributed by atoms with E-state index in [1.165, 1.54) is 70.6 Å². The Morgan fingerprint density at radius 3 is 2.15 bits per heavy atom. The molecule has 4 aliphatic rings. The van der Waals surface area contributed by atoms with Gasteiger partial charge in [-0.05, 0) is 133 Å². The molecule has 3 unspecified atom stereocenters. The number of hydrogen-bond donors (Lipinski definition) is 2. The highest BCUT2D eigenvalue weighted by molar-refractivity contribution is 5.54. The van der Waals surface area contributed by atoms with Gasteiger partial charge in [0.15, 0.2) is 0 Å². The van der Waals surface area contributed by atoms with Crippen molar-refractivity contribution >= 4 is 11.4 Å². The van der Waals surface area contributed by atoms with Crippen LogP contribution in [0.3, 0.4) is 0 Å².